The maximum absolute atomic E-state index is 12.2. The van der Waals surface area contributed by atoms with Crippen LogP contribution in [0.1, 0.15) is 10.4 Å². The van der Waals surface area contributed by atoms with Crippen LogP contribution in [0, 0.1) is 5.92 Å². The second-order valence-corrected chi connectivity index (χ2v) is 6.79. The zero-order chi connectivity index (χ0) is 20.6. The van der Waals surface area contributed by atoms with Crippen LogP contribution in [0.2, 0.25) is 0 Å². The maximum atomic E-state index is 12.2. The van der Waals surface area contributed by atoms with Gasteiger partial charge < -0.3 is 30.5 Å². The van der Waals surface area contributed by atoms with Crippen LogP contribution in [-0.4, -0.2) is 56.4 Å². The monoisotopic (exact) mass is 399 g/mol. The van der Waals surface area contributed by atoms with Gasteiger partial charge in [0.05, 0.1) is 13.2 Å². The number of carbonyl (C=O) groups is 2. The van der Waals surface area contributed by atoms with Gasteiger partial charge >= 0.3 is 0 Å². The molecule has 2 atom stereocenters. The van der Waals surface area contributed by atoms with Gasteiger partial charge in [0.1, 0.15) is 11.5 Å². The Kier molecular flexibility index (Phi) is 7.04. The fraction of sp³-hybridized carbons (Fsp3) is 0.333. The van der Waals surface area contributed by atoms with Gasteiger partial charge in [-0.15, -0.1) is 0 Å². The minimum atomic E-state index is -0.436. The summed E-state index contributed by atoms with van der Waals surface area (Å²) in [6, 6.07) is 13.6. The molecular weight excluding hydrogens is 374 g/mol. The highest BCUT2D eigenvalue weighted by Gasteiger charge is 2.25. The molecule has 154 valence electrons. The van der Waals surface area contributed by atoms with Crippen LogP contribution in [0.25, 0.3) is 0 Å². The second-order valence-electron chi connectivity index (χ2n) is 6.79. The summed E-state index contributed by atoms with van der Waals surface area (Å²) < 4.78 is 10.6. The van der Waals surface area contributed by atoms with Gasteiger partial charge in [0.25, 0.3) is 11.8 Å². The summed E-state index contributed by atoms with van der Waals surface area (Å²) in [5.74, 6) is 0.633. The number of aliphatic hydroxyl groups is 1. The molecule has 0 saturated carbocycles. The zero-order valence-electron chi connectivity index (χ0n) is 16.2. The number of β-amino-alcohol motifs (C(OH)–C–C–N with tert-alkyl or cyclic N) is 1. The standard InChI is InChI=1S/C21H25N3O5/c1-28-18-4-2-3-16(9-18)24-20(26)13-29-17-7-5-14(6-8-17)21(27)23-11-15-10-22-12-19(15)25/h2-9,15,19,22,25H,10-13H2,1H3,(H,23,27)(H,24,26). The lowest BCUT2D eigenvalue weighted by Gasteiger charge is -2.14. The first kappa shape index (κ1) is 20.6. The van der Waals surface area contributed by atoms with E-state index in [0.717, 1.165) is 0 Å². The fourth-order valence-electron chi connectivity index (χ4n) is 3.00. The average molecular weight is 399 g/mol. The van der Waals surface area contributed by atoms with E-state index in [1.54, 1.807) is 55.6 Å². The van der Waals surface area contributed by atoms with E-state index in [-0.39, 0.29) is 24.3 Å². The number of amides is 2. The van der Waals surface area contributed by atoms with E-state index in [9.17, 15) is 14.7 Å². The summed E-state index contributed by atoms with van der Waals surface area (Å²) >= 11 is 0. The molecule has 0 radical (unpaired) electrons. The van der Waals surface area contributed by atoms with Gasteiger partial charge in [-0.3, -0.25) is 9.59 Å². The molecule has 0 aromatic heterocycles. The van der Waals surface area contributed by atoms with Crippen LogP contribution in [-0.2, 0) is 4.79 Å². The highest BCUT2D eigenvalue weighted by atomic mass is 16.5. The molecule has 8 heteroatoms. The lowest BCUT2D eigenvalue weighted by Crippen LogP contribution is -2.34. The molecule has 2 aromatic rings. The minimum Gasteiger partial charge on any atom is -0.497 e. The van der Waals surface area contributed by atoms with Crippen molar-refractivity contribution in [3.63, 3.8) is 0 Å². The Morgan fingerprint density at radius 2 is 1.93 bits per heavy atom. The summed E-state index contributed by atoms with van der Waals surface area (Å²) in [6.07, 6.45) is -0.436. The number of aliphatic hydroxyl groups excluding tert-OH is 1. The average Bonchev–Trinajstić information content (AvgIpc) is 3.15. The molecule has 1 saturated heterocycles. The third-order valence-corrected chi connectivity index (χ3v) is 4.67. The quantitative estimate of drug-likeness (QED) is 0.528. The zero-order valence-corrected chi connectivity index (χ0v) is 16.2. The lowest BCUT2D eigenvalue weighted by atomic mass is 10.1. The number of anilines is 1. The first-order valence-corrected chi connectivity index (χ1v) is 9.39. The Morgan fingerprint density at radius 3 is 2.62 bits per heavy atom. The topological polar surface area (TPSA) is 109 Å². The van der Waals surface area contributed by atoms with Gasteiger partial charge in [-0.2, -0.15) is 0 Å². The van der Waals surface area contributed by atoms with Gasteiger partial charge in [0.2, 0.25) is 0 Å². The second kappa shape index (κ2) is 9.90. The number of hydrogen-bond acceptors (Lipinski definition) is 6. The maximum Gasteiger partial charge on any atom is 0.262 e. The number of methoxy groups -OCH3 is 1. The van der Waals surface area contributed by atoms with Gasteiger partial charge in [0, 0.05) is 42.9 Å². The van der Waals surface area contributed by atoms with E-state index < -0.39 is 6.10 Å². The van der Waals surface area contributed by atoms with Crippen molar-refractivity contribution in [1.29, 1.82) is 0 Å². The summed E-state index contributed by atoms with van der Waals surface area (Å²) in [6.45, 7) is 1.50. The van der Waals surface area contributed by atoms with Crippen LogP contribution in [0.5, 0.6) is 11.5 Å². The molecule has 1 aliphatic rings. The van der Waals surface area contributed by atoms with Gasteiger partial charge in [-0.1, -0.05) is 6.07 Å². The van der Waals surface area contributed by atoms with Crippen molar-refractivity contribution in [1.82, 2.24) is 10.6 Å². The van der Waals surface area contributed by atoms with E-state index in [4.69, 9.17) is 9.47 Å². The molecule has 1 heterocycles. The highest BCUT2D eigenvalue weighted by Crippen LogP contribution is 2.17. The van der Waals surface area contributed by atoms with Crippen LogP contribution >= 0.6 is 0 Å². The third kappa shape index (κ3) is 5.94. The molecule has 2 unspecified atom stereocenters. The molecule has 0 bridgehead atoms. The Morgan fingerprint density at radius 1 is 1.14 bits per heavy atom. The van der Waals surface area contributed by atoms with Crippen molar-refractivity contribution >= 4 is 17.5 Å². The summed E-state index contributed by atoms with van der Waals surface area (Å²) in [5.41, 5.74) is 1.10. The van der Waals surface area contributed by atoms with Crippen LogP contribution in [0.4, 0.5) is 5.69 Å². The first-order valence-electron chi connectivity index (χ1n) is 9.39. The molecule has 3 rings (SSSR count). The normalized spacial score (nSPS) is 18.1. The molecular formula is C21H25N3O5. The van der Waals surface area contributed by atoms with Gasteiger partial charge in [0.15, 0.2) is 6.61 Å². The molecule has 4 N–H and O–H groups in total. The molecule has 0 spiro atoms. The molecule has 1 fully saturated rings. The van der Waals surface area contributed by atoms with Crippen molar-refractivity contribution in [3.8, 4) is 11.5 Å². The third-order valence-electron chi connectivity index (χ3n) is 4.67. The minimum absolute atomic E-state index is 0.0182. The predicted octanol–water partition coefficient (Wildman–Crippen LogP) is 1.02. The Hall–Kier alpha value is -3.10. The van der Waals surface area contributed by atoms with Crippen molar-refractivity contribution in [2.75, 3.05) is 38.7 Å². The SMILES string of the molecule is COc1cccc(NC(=O)COc2ccc(C(=O)NCC3CNCC3O)cc2)c1. The summed E-state index contributed by atoms with van der Waals surface area (Å²) in [4.78, 5) is 24.2. The van der Waals surface area contributed by atoms with Crippen LogP contribution < -0.4 is 25.4 Å². The van der Waals surface area contributed by atoms with Gasteiger partial charge in [-0.05, 0) is 36.4 Å². The number of carbonyl (C=O) groups excluding carboxylic acids is 2. The lowest BCUT2D eigenvalue weighted by molar-refractivity contribution is -0.118. The van der Waals surface area contributed by atoms with E-state index in [1.807, 2.05) is 0 Å². The molecule has 1 aliphatic heterocycles. The Bertz CT molecular complexity index is 840. The van der Waals surface area contributed by atoms with Crippen molar-refractivity contribution in [2.24, 2.45) is 5.92 Å². The predicted molar refractivity (Wildman–Crippen MR) is 108 cm³/mol. The number of nitrogens with one attached hydrogen (secondary N) is 3. The van der Waals surface area contributed by atoms with E-state index in [0.29, 0.717) is 42.4 Å². The fourth-order valence-corrected chi connectivity index (χ4v) is 3.00. The smallest absolute Gasteiger partial charge is 0.262 e. The number of benzene rings is 2. The molecule has 2 amide bonds. The van der Waals surface area contributed by atoms with E-state index in [1.165, 1.54) is 0 Å². The molecule has 8 nitrogen and oxygen atoms in total. The largest absolute Gasteiger partial charge is 0.497 e. The van der Waals surface area contributed by atoms with Crippen molar-refractivity contribution in [2.45, 2.75) is 6.10 Å². The molecule has 29 heavy (non-hydrogen) atoms. The highest BCUT2D eigenvalue weighted by molar-refractivity contribution is 5.94. The van der Waals surface area contributed by atoms with Crippen molar-refractivity contribution < 1.29 is 24.2 Å². The first-order chi connectivity index (χ1) is 14.0. The summed E-state index contributed by atoms with van der Waals surface area (Å²) in [7, 11) is 1.56. The van der Waals surface area contributed by atoms with Gasteiger partial charge in [-0.25, -0.2) is 0 Å². The molecule has 2 aromatic carbocycles. The van der Waals surface area contributed by atoms with Crippen LogP contribution in [0.15, 0.2) is 48.5 Å². The number of hydrogen-bond donors (Lipinski definition) is 4. The van der Waals surface area contributed by atoms with Crippen LogP contribution in [0.3, 0.4) is 0 Å². The summed E-state index contributed by atoms with van der Waals surface area (Å²) in [5, 5.41) is 18.4. The number of rotatable bonds is 8. The molecule has 0 aliphatic carbocycles. The van der Waals surface area contributed by atoms with E-state index in [2.05, 4.69) is 16.0 Å². The van der Waals surface area contributed by atoms with Crippen molar-refractivity contribution in [3.05, 3.63) is 54.1 Å². The Labute approximate surface area is 169 Å². The number of ether oxygens (including phenoxy) is 2. The van der Waals surface area contributed by atoms with E-state index >= 15 is 0 Å². The Balaban J connectivity index is 1.44.